The highest BCUT2D eigenvalue weighted by Crippen LogP contribution is 2.16. The highest BCUT2D eigenvalue weighted by Gasteiger charge is 2.10. The number of aliphatic imine (C=N–C) groups is 1. The van der Waals surface area contributed by atoms with Gasteiger partial charge in [0.25, 0.3) is 0 Å². The average molecular weight is 243 g/mol. The second kappa shape index (κ2) is 7.14. The smallest absolute Gasteiger partial charge is 0.185 e. The fourth-order valence-corrected chi connectivity index (χ4v) is 0.900. The summed E-state index contributed by atoms with van der Waals surface area (Å²) in [6.07, 6.45) is 0.688. The molecule has 0 bridgehead atoms. The van der Waals surface area contributed by atoms with Gasteiger partial charge in [-0.2, -0.15) is 0 Å². The quantitative estimate of drug-likeness (QED) is 0.437. The largest absolute Gasteiger partial charge is 0.388 e. The SMILES string of the molecule is CC(C)(C)CC(=N)N.CC(C)(C)CN=C(N)N. The van der Waals surface area contributed by atoms with Gasteiger partial charge in [-0.05, 0) is 10.8 Å². The third kappa shape index (κ3) is 25.2. The molecule has 0 aromatic carbocycles. The van der Waals surface area contributed by atoms with Crippen LogP contribution in [0.15, 0.2) is 4.99 Å². The minimum absolute atomic E-state index is 0.171. The van der Waals surface area contributed by atoms with Crippen molar-refractivity contribution in [1.29, 1.82) is 5.41 Å². The van der Waals surface area contributed by atoms with E-state index < -0.39 is 0 Å². The van der Waals surface area contributed by atoms with Crippen molar-refractivity contribution in [3.8, 4) is 0 Å². The van der Waals surface area contributed by atoms with Crippen LogP contribution in [0.25, 0.3) is 0 Å². The van der Waals surface area contributed by atoms with Crippen LogP contribution in [0.5, 0.6) is 0 Å². The molecular formula is C12H29N5. The Balaban J connectivity index is 0. The van der Waals surface area contributed by atoms with Gasteiger partial charge in [-0.1, -0.05) is 41.5 Å². The number of hydrogen-bond donors (Lipinski definition) is 4. The number of nitrogens with one attached hydrogen (secondary N) is 1. The van der Waals surface area contributed by atoms with Gasteiger partial charge >= 0.3 is 0 Å². The highest BCUT2D eigenvalue weighted by atomic mass is 15.0. The van der Waals surface area contributed by atoms with Crippen LogP contribution >= 0.6 is 0 Å². The van der Waals surface area contributed by atoms with E-state index in [0.29, 0.717) is 13.0 Å². The van der Waals surface area contributed by atoms with Crippen molar-refractivity contribution in [2.45, 2.75) is 48.0 Å². The molecule has 0 atom stereocenters. The fraction of sp³-hybridized carbons (Fsp3) is 0.833. The first-order valence-corrected chi connectivity index (χ1v) is 5.72. The third-order valence-corrected chi connectivity index (χ3v) is 1.46. The van der Waals surface area contributed by atoms with Crippen LogP contribution in [0.3, 0.4) is 0 Å². The first-order valence-electron chi connectivity index (χ1n) is 5.72. The summed E-state index contributed by atoms with van der Waals surface area (Å²) >= 11 is 0. The van der Waals surface area contributed by atoms with E-state index in [1.807, 2.05) is 0 Å². The zero-order chi connectivity index (χ0) is 14.3. The molecule has 102 valence electrons. The van der Waals surface area contributed by atoms with Crippen LogP contribution in [0.2, 0.25) is 0 Å². The highest BCUT2D eigenvalue weighted by molar-refractivity contribution is 5.77. The molecule has 0 amide bonds. The molecule has 0 spiro atoms. The van der Waals surface area contributed by atoms with Crippen molar-refractivity contribution in [3.63, 3.8) is 0 Å². The molecule has 5 heteroatoms. The lowest BCUT2D eigenvalue weighted by Crippen LogP contribution is -2.25. The van der Waals surface area contributed by atoms with Crippen molar-refractivity contribution in [2.24, 2.45) is 33.0 Å². The lowest BCUT2D eigenvalue weighted by molar-refractivity contribution is 0.429. The number of rotatable bonds is 2. The van der Waals surface area contributed by atoms with Crippen molar-refractivity contribution < 1.29 is 0 Å². The molecule has 7 N–H and O–H groups in total. The van der Waals surface area contributed by atoms with E-state index in [9.17, 15) is 0 Å². The Kier molecular flexibility index (Phi) is 7.61. The van der Waals surface area contributed by atoms with Crippen LogP contribution in [0, 0.1) is 16.2 Å². The van der Waals surface area contributed by atoms with E-state index >= 15 is 0 Å². The van der Waals surface area contributed by atoms with Gasteiger partial charge in [0, 0.05) is 13.0 Å². The molecule has 0 radical (unpaired) electrons. The molecule has 0 heterocycles. The second-order valence-corrected chi connectivity index (χ2v) is 6.56. The molecule has 17 heavy (non-hydrogen) atoms. The van der Waals surface area contributed by atoms with Crippen LogP contribution in [0.1, 0.15) is 48.0 Å². The summed E-state index contributed by atoms with van der Waals surface area (Å²) in [7, 11) is 0. The molecule has 0 rings (SSSR count). The maximum absolute atomic E-state index is 6.93. The summed E-state index contributed by atoms with van der Waals surface area (Å²) in [4.78, 5) is 3.87. The van der Waals surface area contributed by atoms with Crippen molar-refractivity contribution in [1.82, 2.24) is 0 Å². The Labute approximate surface area is 105 Å². The standard InChI is InChI=1S/C6H15N3.C6H14N2/c1-6(2,3)4-9-5(7)8;1-6(2,3)4-5(7)8/h4H2,1-3H3,(H4,7,8,9);4H2,1-3H3,(H3,7,8). The number of nitrogens with two attached hydrogens (primary N) is 3. The monoisotopic (exact) mass is 243 g/mol. The lowest BCUT2D eigenvalue weighted by atomic mass is 9.92. The van der Waals surface area contributed by atoms with Crippen molar-refractivity contribution >= 4 is 11.8 Å². The summed E-state index contributed by atoms with van der Waals surface area (Å²) in [5.74, 6) is 0.447. The van der Waals surface area contributed by atoms with E-state index in [1.165, 1.54) is 0 Å². The molecule has 0 saturated heterocycles. The molecule has 0 aliphatic carbocycles. The van der Waals surface area contributed by atoms with Crippen molar-refractivity contribution in [2.75, 3.05) is 6.54 Å². The van der Waals surface area contributed by atoms with Gasteiger partial charge in [-0.3, -0.25) is 10.4 Å². The Bertz CT molecular complexity index is 251. The third-order valence-electron chi connectivity index (χ3n) is 1.46. The lowest BCUT2D eigenvalue weighted by Gasteiger charge is -2.15. The summed E-state index contributed by atoms with van der Waals surface area (Å²) in [6.45, 7) is 13.1. The Morgan fingerprint density at radius 2 is 1.35 bits per heavy atom. The Morgan fingerprint density at radius 1 is 0.941 bits per heavy atom. The molecule has 0 aromatic heterocycles. The minimum Gasteiger partial charge on any atom is -0.388 e. The van der Waals surface area contributed by atoms with Crippen LogP contribution in [-0.4, -0.2) is 18.3 Å². The van der Waals surface area contributed by atoms with Gasteiger partial charge in [0.15, 0.2) is 5.96 Å². The van der Waals surface area contributed by atoms with Gasteiger partial charge in [-0.15, -0.1) is 0 Å². The van der Waals surface area contributed by atoms with Crippen molar-refractivity contribution in [3.05, 3.63) is 0 Å². The maximum Gasteiger partial charge on any atom is 0.185 e. The number of nitrogens with zero attached hydrogens (tertiary/aromatic N) is 1. The Morgan fingerprint density at radius 3 is 1.41 bits per heavy atom. The fourth-order valence-electron chi connectivity index (χ4n) is 0.900. The summed E-state index contributed by atoms with van der Waals surface area (Å²) in [6, 6.07) is 0. The maximum atomic E-state index is 6.93. The normalized spacial score (nSPS) is 11.2. The van der Waals surface area contributed by atoms with Gasteiger partial charge in [0.05, 0.1) is 5.84 Å². The summed E-state index contributed by atoms with van der Waals surface area (Å²) in [5, 5.41) is 6.93. The molecule has 0 aromatic rings. The first-order chi connectivity index (χ1) is 7.33. The van der Waals surface area contributed by atoms with Crippen LogP contribution < -0.4 is 17.2 Å². The van der Waals surface area contributed by atoms with Crippen LogP contribution in [0.4, 0.5) is 0 Å². The molecule has 0 fully saturated rings. The predicted molar refractivity (Wildman–Crippen MR) is 76.1 cm³/mol. The molecule has 0 saturated carbocycles. The second-order valence-electron chi connectivity index (χ2n) is 6.56. The van der Waals surface area contributed by atoms with E-state index in [4.69, 9.17) is 22.6 Å². The van der Waals surface area contributed by atoms with Gasteiger partial charge < -0.3 is 17.2 Å². The van der Waals surface area contributed by atoms with E-state index in [-0.39, 0.29) is 22.6 Å². The van der Waals surface area contributed by atoms with Gasteiger partial charge in [0.2, 0.25) is 0 Å². The Hall–Kier alpha value is -1.26. The topological polar surface area (TPSA) is 114 Å². The molecule has 0 aliphatic rings. The number of guanidine groups is 1. The number of amidine groups is 1. The van der Waals surface area contributed by atoms with E-state index in [2.05, 4.69) is 46.5 Å². The van der Waals surface area contributed by atoms with Crippen LogP contribution in [-0.2, 0) is 0 Å². The minimum atomic E-state index is 0.171. The molecule has 0 aliphatic heterocycles. The van der Waals surface area contributed by atoms with E-state index in [0.717, 1.165) is 0 Å². The van der Waals surface area contributed by atoms with E-state index in [1.54, 1.807) is 0 Å². The predicted octanol–water partition coefficient (Wildman–Crippen LogP) is 1.66. The molecular weight excluding hydrogens is 214 g/mol. The molecule has 5 nitrogen and oxygen atoms in total. The summed E-state index contributed by atoms with van der Waals surface area (Å²) < 4.78 is 0. The van der Waals surface area contributed by atoms with Gasteiger partial charge in [0.1, 0.15) is 0 Å². The van der Waals surface area contributed by atoms with Gasteiger partial charge in [-0.25, -0.2) is 0 Å². The number of hydrogen-bond acceptors (Lipinski definition) is 2. The first kappa shape index (κ1) is 18.1. The zero-order valence-electron chi connectivity index (χ0n) is 12.1. The zero-order valence-corrected chi connectivity index (χ0v) is 12.1. The average Bonchev–Trinajstić information content (AvgIpc) is 1.95. The summed E-state index contributed by atoms with van der Waals surface area (Å²) in [5.41, 5.74) is 15.8. The molecule has 0 unspecified atom stereocenters.